The molecule has 1 saturated heterocycles. The molecule has 0 amide bonds. The summed E-state index contributed by atoms with van der Waals surface area (Å²) >= 11 is 0. The number of halogens is 3. The molecular formula is C12H14F3NO. The molecule has 1 N–H and O–H groups in total. The summed E-state index contributed by atoms with van der Waals surface area (Å²) < 4.78 is 45.0. The van der Waals surface area contributed by atoms with E-state index in [1.807, 2.05) is 0 Å². The average Bonchev–Trinajstić information content (AvgIpc) is 2.55. The number of rotatable bonds is 1. The van der Waals surface area contributed by atoms with Crippen molar-refractivity contribution in [1.82, 2.24) is 5.32 Å². The van der Waals surface area contributed by atoms with Crippen molar-refractivity contribution >= 4 is 0 Å². The van der Waals surface area contributed by atoms with Crippen LogP contribution < -0.4 is 5.32 Å². The van der Waals surface area contributed by atoms with Crippen molar-refractivity contribution in [2.45, 2.75) is 18.2 Å². The Morgan fingerprint density at radius 2 is 1.88 bits per heavy atom. The zero-order valence-electron chi connectivity index (χ0n) is 9.26. The van der Waals surface area contributed by atoms with Gasteiger partial charge in [0, 0.05) is 13.2 Å². The quantitative estimate of drug-likeness (QED) is 0.820. The van der Waals surface area contributed by atoms with Crippen molar-refractivity contribution in [2.24, 2.45) is 0 Å². The van der Waals surface area contributed by atoms with Crippen molar-refractivity contribution < 1.29 is 17.9 Å². The smallest absolute Gasteiger partial charge is 0.360 e. The maximum absolute atomic E-state index is 13.3. The lowest BCUT2D eigenvalue weighted by Crippen LogP contribution is -2.50. The Bertz CT molecular complexity index is 356. The van der Waals surface area contributed by atoms with E-state index in [4.69, 9.17) is 4.74 Å². The number of benzene rings is 1. The number of hydrogen-bond acceptors (Lipinski definition) is 2. The van der Waals surface area contributed by atoms with Gasteiger partial charge in [-0.1, -0.05) is 30.3 Å². The van der Waals surface area contributed by atoms with Crippen LogP contribution in [0.2, 0.25) is 0 Å². The molecule has 0 aliphatic carbocycles. The summed E-state index contributed by atoms with van der Waals surface area (Å²) in [5.41, 5.74) is -2.06. The van der Waals surface area contributed by atoms with Gasteiger partial charge in [-0.05, 0) is 18.5 Å². The van der Waals surface area contributed by atoms with Gasteiger partial charge in [-0.2, -0.15) is 13.2 Å². The number of ether oxygens (including phenoxy) is 1. The van der Waals surface area contributed by atoms with E-state index in [0.717, 1.165) is 0 Å². The monoisotopic (exact) mass is 245 g/mol. The summed E-state index contributed by atoms with van der Waals surface area (Å²) in [6, 6.07) is 7.80. The van der Waals surface area contributed by atoms with E-state index in [1.54, 1.807) is 18.2 Å². The van der Waals surface area contributed by atoms with Gasteiger partial charge in [-0.3, -0.25) is 0 Å². The van der Waals surface area contributed by atoms with Gasteiger partial charge in [-0.25, -0.2) is 0 Å². The zero-order valence-corrected chi connectivity index (χ0v) is 9.26. The Labute approximate surface area is 97.8 Å². The van der Waals surface area contributed by atoms with Crippen LogP contribution in [0.4, 0.5) is 13.2 Å². The van der Waals surface area contributed by atoms with E-state index in [9.17, 15) is 13.2 Å². The Hall–Kier alpha value is -1.07. The fraction of sp³-hybridized carbons (Fsp3) is 0.500. The van der Waals surface area contributed by atoms with Crippen LogP contribution in [-0.2, 0) is 10.3 Å². The fourth-order valence-electron chi connectivity index (χ4n) is 2.00. The molecule has 1 fully saturated rings. The van der Waals surface area contributed by atoms with E-state index in [0.29, 0.717) is 13.0 Å². The Morgan fingerprint density at radius 1 is 1.18 bits per heavy atom. The normalized spacial score (nSPS) is 26.5. The summed E-state index contributed by atoms with van der Waals surface area (Å²) in [5.74, 6) is 0. The van der Waals surface area contributed by atoms with Crippen LogP contribution in [0.1, 0.15) is 12.0 Å². The SMILES string of the molecule is FC(F)(F)[C@@]1(c2ccccc2)CNCCCO1. The van der Waals surface area contributed by atoms with Gasteiger partial charge >= 0.3 is 6.18 Å². The topological polar surface area (TPSA) is 21.3 Å². The van der Waals surface area contributed by atoms with Gasteiger partial charge in [0.15, 0.2) is 0 Å². The minimum Gasteiger partial charge on any atom is -0.360 e. The van der Waals surface area contributed by atoms with E-state index in [1.165, 1.54) is 12.1 Å². The molecule has 0 radical (unpaired) electrons. The van der Waals surface area contributed by atoms with Crippen molar-refractivity contribution in [3.8, 4) is 0 Å². The molecule has 1 atom stereocenters. The van der Waals surface area contributed by atoms with E-state index < -0.39 is 11.8 Å². The largest absolute Gasteiger partial charge is 0.422 e. The highest BCUT2D eigenvalue weighted by Gasteiger charge is 2.57. The minimum absolute atomic E-state index is 0.113. The molecule has 2 rings (SSSR count). The van der Waals surface area contributed by atoms with Crippen LogP contribution >= 0.6 is 0 Å². The van der Waals surface area contributed by atoms with Gasteiger partial charge in [0.2, 0.25) is 5.60 Å². The molecule has 2 nitrogen and oxygen atoms in total. The van der Waals surface area contributed by atoms with Crippen LogP contribution in [0.15, 0.2) is 30.3 Å². The fourth-order valence-corrected chi connectivity index (χ4v) is 2.00. The second-order valence-electron chi connectivity index (χ2n) is 4.07. The van der Waals surface area contributed by atoms with E-state index in [2.05, 4.69) is 5.32 Å². The molecule has 0 unspecified atom stereocenters. The van der Waals surface area contributed by atoms with Gasteiger partial charge in [0.1, 0.15) is 0 Å². The highest BCUT2D eigenvalue weighted by Crippen LogP contribution is 2.42. The Morgan fingerprint density at radius 3 is 2.53 bits per heavy atom. The first kappa shape index (κ1) is 12.4. The third kappa shape index (κ3) is 2.30. The van der Waals surface area contributed by atoms with E-state index in [-0.39, 0.29) is 18.7 Å². The molecule has 1 aliphatic heterocycles. The molecule has 0 spiro atoms. The molecule has 1 aromatic carbocycles. The first-order valence-electron chi connectivity index (χ1n) is 5.53. The predicted octanol–water partition coefficient (Wildman–Crippen LogP) is 2.45. The third-order valence-corrected chi connectivity index (χ3v) is 2.92. The number of hydrogen-bond donors (Lipinski definition) is 1. The Balaban J connectivity index is 2.43. The van der Waals surface area contributed by atoms with Gasteiger partial charge in [-0.15, -0.1) is 0 Å². The van der Waals surface area contributed by atoms with Crippen LogP contribution in [0.25, 0.3) is 0 Å². The first-order valence-corrected chi connectivity index (χ1v) is 5.53. The van der Waals surface area contributed by atoms with Crippen LogP contribution in [0.5, 0.6) is 0 Å². The van der Waals surface area contributed by atoms with Crippen LogP contribution in [0.3, 0.4) is 0 Å². The van der Waals surface area contributed by atoms with Crippen molar-refractivity contribution in [1.29, 1.82) is 0 Å². The first-order chi connectivity index (χ1) is 8.06. The van der Waals surface area contributed by atoms with Crippen LogP contribution in [-0.4, -0.2) is 25.9 Å². The second-order valence-corrected chi connectivity index (χ2v) is 4.07. The molecule has 0 bridgehead atoms. The van der Waals surface area contributed by atoms with Crippen molar-refractivity contribution in [3.63, 3.8) is 0 Å². The predicted molar refractivity (Wildman–Crippen MR) is 57.6 cm³/mol. The molecule has 0 aromatic heterocycles. The van der Waals surface area contributed by atoms with Gasteiger partial charge < -0.3 is 10.1 Å². The molecule has 1 aliphatic rings. The highest BCUT2D eigenvalue weighted by molar-refractivity contribution is 5.25. The van der Waals surface area contributed by atoms with Gasteiger partial charge in [0.05, 0.1) is 0 Å². The van der Waals surface area contributed by atoms with Crippen LogP contribution in [0, 0.1) is 0 Å². The average molecular weight is 245 g/mol. The third-order valence-electron chi connectivity index (χ3n) is 2.92. The minimum atomic E-state index is -4.42. The van der Waals surface area contributed by atoms with Crippen molar-refractivity contribution in [3.05, 3.63) is 35.9 Å². The highest BCUT2D eigenvalue weighted by atomic mass is 19.4. The zero-order chi connectivity index (χ0) is 12.4. The molecule has 94 valence electrons. The lowest BCUT2D eigenvalue weighted by molar-refractivity contribution is -0.280. The van der Waals surface area contributed by atoms with E-state index >= 15 is 0 Å². The molecule has 5 heteroatoms. The lowest BCUT2D eigenvalue weighted by atomic mass is 9.92. The summed E-state index contributed by atoms with van der Waals surface area (Å²) in [6.07, 6.45) is -3.84. The Kier molecular flexibility index (Phi) is 3.40. The van der Waals surface area contributed by atoms with Crippen molar-refractivity contribution in [2.75, 3.05) is 19.7 Å². The van der Waals surface area contributed by atoms with Gasteiger partial charge in [0.25, 0.3) is 0 Å². The molecule has 17 heavy (non-hydrogen) atoms. The maximum Gasteiger partial charge on any atom is 0.422 e. The standard InChI is InChI=1S/C12H14F3NO/c13-12(14,15)11(9-16-7-4-8-17-11)10-5-2-1-3-6-10/h1-3,5-6,16H,4,7-9H2/t11-/m0/s1. The summed E-state index contributed by atoms with van der Waals surface area (Å²) in [5, 5.41) is 2.80. The molecule has 1 aromatic rings. The number of nitrogens with one attached hydrogen (secondary N) is 1. The molecular weight excluding hydrogens is 231 g/mol. The summed E-state index contributed by atoms with van der Waals surface area (Å²) in [6.45, 7) is 0.423. The molecule has 1 heterocycles. The summed E-state index contributed by atoms with van der Waals surface area (Å²) in [4.78, 5) is 0. The molecule has 0 saturated carbocycles. The lowest BCUT2D eigenvalue weighted by Gasteiger charge is -2.34. The summed E-state index contributed by atoms with van der Waals surface area (Å²) in [7, 11) is 0. The second kappa shape index (κ2) is 4.66. The maximum atomic E-state index is 13.3. The number of alkyl halides is 3.